The Bertz CT molecular complexity index is 362. The van der Waals surface area contributed by atoms with Gasteiger partial charge in [0, 0.05) is 18.0 Å². The predicted octanol–water partition coefficient (Wildman–Crippen LogP) is 2.01. The summed E-state index contributed by atoms with van der Waals surface area (Å²) in [5.41, 5.74) is 6.15. The van der Waals surface area contributed by atoms with Crippen molar-refractivity contribution in [2.75, 3.05) is 13.2 Å². The van der Waals surface area contributed by atoms with Crippen molar-refractivity contribution in [1.82, 2.24) is 0 Å². The van der Waals surface area contributed by atoms with E-state index in [9.17, 15) is 4.39 Å². The Morgan fingerprint density at radius 1 is 1.56 bits per heavy atom. The minimum Gasteiger partial charge on any atom is -0.488 e. The lowest BCUT2D eigenvalue weighted by Crippen LogP contribution is -2.16. The van der Waals surface area contributed by atoms with E-state index in [1.807, 2.05) is 0 Å². The Labute approximate surface area is 94.3 Å². The lowest BCUT2D eigenvalue weighted by atomic mass is 10.1. The van der Waals surface area contributed by atoms with Gasteiger partial charge in [0.25, 0.3) is 0 Å². The van der Waals surface area contributed by atoms with Gasteiger partial charge < -0.3 is 15.2 Å². The molecule has 2 rings (SSSR count). The molecule has 2 N–H and O–H groups in total. The summed E-state index contributed by atoms with van der Waals surface area (Å²) in [4.78, 5) is 0. The molecule has 1 aromatic carbocycles. The second kappa shape index (κ2) is 4.80. The lowest BCUT2D eigenvalue weighted by Gasteiger charge is -2.14. The second-order valence-electron chi connectivity index (χ2n) is 4.08. The highest BCUT2D eigenvalue weighted by molar-refractivity contribution is 5.31. The summed E-state index contributed by atoms with van der Waals surface area (Å²) in [7, 11) is 0. The minimum absolute atomic E-state index is 0.0754. The molecule has 0 amide bonds. The van der Waals surface area contributed by atoms with Crippen molar-refractivity contribution < 1.29 is 13.9 Å². The van der Waals surface area contributed by atoms with Crippen LogP contribution < -0.4 is 10.5 Å². The molecule has 88 valence electrons. The van der Waals surface area contributed by atoms with Crippen LogP contribution in [0.3, 0.4) is 0 Å². The fraction of sp³-hybridized carbons (Fsp3) is 0.500. The van der Waals surface area contributed by atoms with E-state index in [4.69, 9.17) is 15.2 Å². The van der Waals surface area contributed by atoms with Gasteiger partial charge in [-0.3, -0.25) is 0 Å². The Kier molecular flexibility index (Phi) is 3.41. The van der Waals surface area contributed by atoms with E-state index in [0.29, 0.717) is 17.9 Å². The molecule has 1 saturated heterocycles. The molecule has 16 heavy (non-hydrogen) atoms. The lowest BCUT2D eigenvalue weighted by molar-refractivity contribution is 0.141. The molecule has 0 saturated carbocycles. The fourth-order valence-corrected chi connectivity index (χ4v) is 1.74. The average molecular weight is 225 g/mol. The van der Waals surface area contributed by atoms with Crippen molar-refractivity contribution in [2.24, 2.45) is 5.73 Å². The van der Waals surface area contributed by atoms with E-state index in [0.717, 1.165) is 13.0 Å². The van der Waals surface area contributed by atoms with Gasteiger partial charge in [-0.25, -0.2) is 4.39 Å². The van der Waals surface area contributed by atoms with Gasteiger partial charge in [0.15, 0.2) is 0 Å². The highest BCUT2D eigenvalue weighted by Gasteiger charge is 2.18. The van der Waals surface area contributed by atoms with Crippen LogP contribution in [0.1, 0.15) is 24.9 Å². The van der Waals surface area contributed by atoms with Gasteiger partial charge in [-0.15, -0.1) is 0 Å². The number of nitrogens with two attached hydrogens (primary N) is 1. The zero-order chi connectivity index (χ0) is 11.5. The van der Waals surface area contributed by atoms with Crippen LogP contribution in [0.15, 0.2) is 18.2 Å². The largest absolute Gasteiger partial charge is 0.488 e. The second-order valence-corrected chi connectivity index (χ2v) is 4.08. The smallest absolute Gasteiger partial charge is 0.128 e. The summed E-state index contributed by atoms with van der Waals surface area (Å²) in [6.07, 6.45) is 0.955. The molecule has 1 heterocycles. The summed E-state index contributed by atoms with van der Waals surface area (Å²) in [5, 5.41) is 0. The quantitative estimate of drug-likeness (QED) is 0.855. The SMILES string of the molecule is C[C@H](N)c1cc(O[C@H]2CCOC2)ccc1F. The maximum atomic E-state index is 13.4. The van der Waals surface area contributed by atoms with Gasteiger partial charge in [-0.1, -0.05) is 0 Å². The highest BCUT2D eigenvalue weighted by Crippen LogP contribution is 2.23. The molecule has 3 nitrogen and oxygen atoms in total. The third-order valence-electron chi connectivity index (χ3n) is 2.65. The predicted molar refractivity (Wildman–Crippen MR) is 58.9 cm³/mol. The third kappa shape index (κ3) is 2.51. The molecule has 1 aliphatic heterocycles. The van der Waals surface area contributed by atoms with Crippen LogP contribution in [-0.2, 0) is 4.74 Å². The summed E-state index contributed by atoms with van der Waals surface area (Å²) in [5.74, 6) is 0.370. The molecule has 2 atom stereocenters. The van der Waals surface area contributed by atoms with Gasteiger partial charge >= 0.3 is 0 Å². The Morgan fingerprint density at radius 3 is 3.00 bits per heavy atom. The Hall–Kier alpha value is -1.13. The first-order valence-corrected chi connectivity index (χ1v) is 5.46. The number of hydrogen-bond donors (Lipinski definition) is 1. The number of benzene rings is 1. The minimum atomic E-state index is -0.330. The summed E-state index contributed by atoms with van der Waals surface area (Å²) in [6, 6.07) is 4.35. The maximum Gasteiger partial charge on any atom is 0.128 e. The standard InChI is InChI=1S/C12H16FNO2/c1-8(14)11-6-9(2-3-12(11)13)16-10-4-5-15-7-10/h2-3,6,8,10H,4-5,7,14H2,1H3/t8-,10-/m0/s1. The van der Waals surface area contributed by atoms with E-state index >= 15 is 0 Å². The summed E-state index contributed by atoms with van der Waals surface area (Å²) >= 11 is 0. The van der Waals surface area contributed by atoms with E-state index in [2.05, 4.69) is 0 Å². The molecular formula is C12H16FNO2. The zero-order valence-electron chi connectivity index (χ0n) is 9.28. The number of halogens is 1. The van der Waals surface area contributed by atoms with Gasteiger partial charge in [0.1, 0.15) is 17.7 Å². The zero-order valence-corrected chi connectivity index (χ0v) is 9.28. The average Bonchev–Trinajstić information content (AvgIpc) is 2.73. The molecule has 1 aliphatic rings. The topological polar surface area (TPSA) is 44.5 Å². The summed E-state index contributed by atoms with van der Waals surface area (Å²) < 4.78 is 24.3. The van der Waals surface area contributed by atoms with Crippen molar-refractivity contribution in [1.29, 1.82) is 0 Å². The van der Waals surface area contributed by atoms with E-state index in [1.54, 1.807) is 19.1 Å². The monoisotopic (exact) mass is 225 g/mol. The van der Waals surface area contributed by atoms with Crippen LogP contribution in [0, 0.1) is 5.82 Å². The maximum absolute atomic E-state index is 13.4. The normalized spacial score (nSPS) is 22.1. The van der Waals surface area contributed by atoms with Gasteiger partial charge in [0.2, 0.25) is 0 Å². The van der Waals surface area contributed by atoms with Crippen LogP contribution >= 0.6 is 0 Å². The summed E-state index contributed by atoms with van der Waals surface area (Å²) in [6.45, 7) is 3.08. The molecule has 0 aromatic heterocycles. The first-order valence-electron chi connectivity index (χ1n) is 5.46. The van der Waals surface area contributed by atoms with Crippen molar-refractivity contribution in [2.45, 2.75) is 25.5 Å². The number of hydrogen-bond acceptors (Lipinski definition) is 3. The van der Waals surface area contributed by atoms with E-state index in [1.165, 1.54) is 6.07 Å². The highest BCUT2D eigenvalue weighted by atomic mass is 19.1. The first kappa shape index (κ1) is 11.4. The van der Waals surface area contributed by atoms with Gasteiger partial charge in [0.05, 0.1) is 13.2 Å². The molecule has 0 spiro atoms. The Balaban J connectivity index is 2.12. The van der Waals surface area contributed by atoms with Crippen LogP contribution in [0.5, 0.6) is 5.75 Å². The molecular weight excluding hydrogens is 209 g/mol. The van der Waals surface area contributed by atoms with Crippen LogP contribution in [0.25, 0.3) is 0 Å². The van der Waals surface area contributed by atoms with Crippen LogP contribution in [0.4, 0.5) is 4.39 Å². The molecule has 0 radical (unpaired) electrons. The van der Waals surface area contributed by atoms with E-state index in [-0.39, 0.29) is 18.0 Å². The number of rotatable bonds is 3. The van der Waals surface area contributed by atoms with Crippen molar-refractivity contribution in [3.05, 3.63) is 29.6 Å². The molecule has 4 heteroatoms. The third-order valence-corrected chi connectivity index (χ3v) is 2.65. The van der Waals surface area contributed by atoms with Crippen molar-refractivity contribution in [3.8, 4) is 5.75 Å². The van der Waals surface area contributed by atoms with Crippen molar-refractivity contribution in [3.63, 3.8) is 0 Å². The number of ether oxygens (including phenoxy) is 2. The van der Waals surface area contributed by atoms with E-state index < -0.39 is 0 Å². The van der Waals surface area contributed by atoms with Crippen LogP contribution in [-0.4, -0.2) is 19.3 Å². The first-order chi connectivity index (χ1) is 7.66. The van der Waals surface area contributed by atoms with Gasteiger partial charge in [-0.05, 0) is 25.1 Å². The fourth-order valence-electron chi connectivity index (χ4n) is 1.74. The van der Waals surface area contributed by atoms with Crippen LogP contribution in [0.2, 0.25) is 0 Å². The molecule has 0 bridgehead atoms. The molecule has 0 unspecified atom stereocenters. The van der Waals surface area contributed by atoms with Gasteiger partial charge in [-0.2, -0.15) is 0 Å². The van der Waals surface area contributed by atoms with Crippen molar-refractivity contribution >= 4 is 0 Å². The molecule has 0 aliphatic carbocycles. The Morgan fingerprint density at radius 2 is 2.38 bits per heavy atom. The molecule has 1 aromatic rings. The molecule has 1 fully saturated rings.